The van der Waals surface area contributed by atoms with Crippen molar-refractivity contribution in [1.29, 1.82) is 0 Å². The van der Waals surface area contributed by atoms with Crippen LogP contribution in [0.25, 0.3) is 0 Å². The summed E-state index contributed by atoms with van der Waals surface area (Å²) in [7, 11) is 0. The second kappa shape index (κ2) is 3.86. The van der Waals surface area contributed by atoms with Gasteiger partial charge in [0.05, 0.1) is 5.69 Å². The fraction of sp³-hybridized carbons (Fsp3) is 0.200. The molecule has 4 nitrogen and oxygen atoms in total. The smallest absolute Gasteiger partial charge is 0.214 e. The van der Waals surface area contributed by atoms with Gasteiger partial charge in [-0.3, -0.25) is 10.5 Å². The van der Waals surface area contributed by atoms with Crippen molar-refractivity contribution >= 4 is 17.9 Å². The van der Waals surface area contributed by atoms with Gasteiger partial charge < -0.3 is 0 Å². The van der Waals surface area contributed by atoms with Crippen molar-refractivity contribution in [3.8, 4) is 0 Å². The third-order valence-corrected chi connectivity index (χ3v) is 2.41. The normalized spacial score (nSPS) is 10.3. The highest BCUT2D eigenvalue weighted by Gasteiger charge is 1.99. The van der Waals surface area contributed by atoms with Gasteiger partial charge in [-0.05, 0) is 38.2 Å². The topological polar surface area (TPSA) is 45.6 Å². The molecule has 15 heavy (non-hydrogen) atoms. The van der Waals surface area contributed by atoms with Crippen molar-refractivity contribution in [1.82, 2.24) is 14.9 Å². The molecule has 0 aliphatic carbocycles. The maximum atomic E-state index is 5.08. The maximum absolute atomic E-state index is 5.08. The van der Waals surface area contributed by atoms with Crippen LogP contribution in [0.1, 0.15) is 11.4 Å². The Morgan fingerprint density at radius 1 is 1.27 bits per heavy atom. The minimum Gasteiger partial charge on any atom is -0.291 e. The molecule has 0 bridgehead atoms. The third-order valence-electron chi connectivity index (χ3n) is 2.13. The van der Waals surface area contributed by atoms with Crippen LogP contribution in [0, 0.1) is 18.6 Å². The van der Waals surface area contributed by atoms with E-state index in [4.69, 9.17) is 12.2 Å². The average Bonchev–Trinajstić information content (AvgIpc) is 2.53. The van der Waals surface area contributed by atoms with E-state index < -0.39 is 0 Å². The zero-order chi connectivity index (χ0) is 10.8. The summed E-state index contributed by atoms with van der Waals surface area (Å²) in [4.78, 5) is 0. The molecule has 0 saturated heterocycles. The first-order chi connectivity index (χ1) is 7.16. The number of hydrogen-bond donors (Lipinski definition) is 2. The van der Waals surface area contributed by atoms with E-state index in [2.05, 4.69) is 22.5 Å². The zero-order valence-corrected chi connectivity index (χ0v) is 9.43. The number of hydrogen-bond acceptors (Lipinski definition) is 3. The lowest BCUT2D eigenvalue weighted by atomic mass is 10.2. The molecule has 78 valence electrons. The van der Waals surface area contributed by atoms with Crippen molar-refractivity contribution in [3.63, 3.8) is 0 Å². The molecule has 5 heteroatoms. The van der Waals surface area contributed by atoms with Crippen molar-refractivity contribution in [2.24, 2.45) is 0 Å². The number of H-pyrrole nitrogens is 1. The summed E-state index contributed by atoms with van der Waals surface area (Å²) < 4.78 is 2.30. The fourth-order valence-corrected chi connectivity index (χ4v) is 1.49. The van der Waals surface area contributed by atoms with E-state index in [1.54, 1.807) is 4.68 Å². The van der Waals surface area contributed by atoms with E-state index in [0.717, 1.165) is 11.5 Å². The number of aromatic amines is 1. The molecule has 1 aromatic carbocycles. The van der Waals surface area contributed by atoms with Crippen LogP contribution in [0.4, 0.5) is 5.69 Å². The molecular formula is C10H12N4S. The summed E-state index contributed by atoms with van der Waals surface area (Å²) in [6, 6.07) is 8.09. The molecule has 0 aliphatic rings. The number of nitrogens with zero attached hydrogens (tertiary/aromatic N) is 2. The first-order valence-corrected chi connectivity index (χ1v) is 5.05. The Balaban J connectivity index is 2.29. The molecule has 0 radical (unpaired) electrons. The summed E-state index contributed by atoms with van der Waals surface area (Å²) in [5, 5.41) is 6.73. The highest BCUT2D eigenvalue weighted by Crippen LogP contribution is 2.09. The number of rotatable bonds is 2. The average molecular weight is 220 g/mol. The maximum Gasteiger partial charge on any atom is 0.214 e. The molecule has 0 unspecified atom stereocenters. The van der Waals surface area contributed by atoms with Crippen LogP contribution >= 0.6 is 12.2 Å². The monoisotopic (exact) mass is 220 g/mol. The quantitative estimate of drug-likeness (QED) is 0.764. The lowest BCUT2D eigenvalue weighted by molar-refractivity contribution is 0.883. The molecule has 0 fully saturated rings. The van der Waals surface area contributed by atoms with E-state index in [-0.39, 0.29) is 0 Å². The van der Waals surface area contributed by atoms with Crippen LogP contribution in [0.3, 0.4) is 0 Å². The number of anilines is 1. The van der Waals surface area contributed by atoms with E-state index in [0.29, 0.717) is 4.77 Å². The molecule has 2 N–H and O–H groups in total. The Hall–Kier alpha value is -1.62. The van der Waals surface area contributed by atoms with Gasteiger partial charge in [-0.25, -0.2) is 4.68 Å². The summed E-state index contributed by atoms with van der Waals surface area (Å²) >= 11 is 5.08. The minimum absolute atomic E-state index is 0.563. The first kappa shape index (κ1) is 9.92. The van der Waals surface area contributed by atoms with Crippen molar-refractivity contribution in [2.75, 3.05) is 5.43 Å². The fourth-order valence-electron chi connectivity index (χ4n) is 1.26. The second-order valence-electron chi connectivity index (χ2n) is 3.39. The van der Waals surface area contributed by atoms with Gasteiger partial charge in [0, 0.05) is 0 Å². The van der Waals surface area contributed by atoms with Crippen LogP contribution in [-0.4, -0.2) is 14.9 Å². The molecule has 2 aromatic rings. The molecule has 0 atom stereocenters. The predicted octanol–water partition coefficient (Wildman–Crippen LogP) is 2.43. The van der Waals surface area contributed by atoms with E-state index >= 15 is 0 Å². The van der Waals surface area contributed by atoms with Gasteiger partial charge in [0.1, 0.15) is 5.82 Å². The van der Waals surface area contributed by atoms with Crippen LogP contribution in [0.5, 0.6) is 0 Å². The van der Waals surface area contributed by atoms with Crippen molar-refractivity contribution < 1.29 is 0 Å². The number of benzene rings is 1. The Bertz CT molecular complexity index is 509. The Morgan fingerprint density at radius 3 is 2.47 bits per heavy atom. The number of aryl methyl sites for hydroxylation is 2. The molecule has 1 aromatic heterocycles. The highest BCUT2D eigenvalue weighted by atomic mass is 32.1. The summed E-state index contributed by atoms with van der Waals surface area (Å²) in [5.74, 6) is 0.806. The van der Waals surface area contributed by atoms with Gasteiger partial charge in [-0.15, -0.1) is 0 Å². The van der Waals surface area contributed by atoms with Gasteiger partial charge in [0.15, 0.2) is 0 Å². The Morgan fingerprint density at radius 2 is 1.93 bits per heavy atom. The van der Waals surface area contributed by atoms with E-state index in [1.807, 2.05) is 31.2 Å². The summed E-state index contributed by atoms with van der Waals surface area (Å²) in [5.41, 5.74) is 5.38. The highest BCUT2D eigenvalue weighted by molar-refractivity contribution is 7.71. The molecule has 1 heterocycles. The summed E-state index contributed by atoms with van der Waals surface area (Å²) in [6.07, 6.45) is 0. The van der Waals surface area contributed by atoms with Gasteiger partial charge in [-0.1, -0.05) is 17.7 Å². The lowest BCUT2D eigenvalue weighted by Gasteiger charge is -2.07. The minimum atomic E-state index is 0.563. The second-order valence-corrected chi connectivity index (χ2v) is 3.78. The first-order valence-electron chi connectivity index (χ1n) is 4.64. The summed E-state index contributed by atoms with van der Waals surface area (Å²) in [6.45, 7) is 3.94. The molecule has 0 aliphatic heterocycles. The van der Waals surface area contributed by atoms with Gasteiger partial charge >= 0.3 is 0 Å². The Kier molecular flexibility index (Phi) is 2.55. The molecule has 0 spiro atoms. The SMILES string of the molecule is Cc1ccc(Nn2c(C)n[nH]c2=S)cc1. The predicted molar refractivity (Wildman–Crippen MR) is 62.3 cm³/mol. The number of aromatic nitrogens is 3. The van der Waals surface area contributed by atoms with Gasteiger partial charge in [-0.2, -0.15) is 5.10 Å². The zero-order valence-electron chi connectivity index (χ0n) is 8.61. The van der Waals surface area contributed by atoms with Crippen molar-refractivity contribution in [2.45, 2.75) is 13.8 Å². The molecule has 0 amide bonds. The van der Waals surface area contributed by atoms with Crippen LogP contribution in [0.2, 0.25) is 0 Å². The van der Waals surface area contributed by atoms with E-state index in [1.165, 1.54) is 5.56 Å². The molecular weight excluding hydrogens is 208 g/mol. The van der Waals surface area contributed by atoms with Crippen molar-refractivity contribution in [3.05, 3.63) is 40.4 Å². The van der Waals surface area contributed by atoms with Gasteiger partial charge in [0.2, 0.25) is 4.77 Å². The standard InChI is InChI=1S/C10H12N4S/c1-7-3-5-9(6-4-7)13-14-8(2)11-12-10(14)15/h3-6,13H,1-2H3,(H,12,15). The molecule has 2 rings (SSSR count). The van der Waals surface area contributed by atoms with Crippen LogP contribution in [-0.2, 0) is 0 Å². The largest absolute Gasteiger partial charge is 0.291 e. The van der Waals surface area contributed by atoms with Crippen LogP contribution in [0.15, 0.2) is 24.3 Å². The van der Waals surface area contributed by atoms with E-state index in [9.17, 15) is 0 Å². The number of nitrogens with one attached hydrogen (secondary N) is 2. The Labute approximate surface area is 92.9 Å². The van der Waals surface area contributed by atoms with Crippen LogP contribution < -0.4 is 5.43 Å². The third kappa shape index (κ3) is 2.07. The van der Waals surface area contributed by atoms with Gasteiger partial charge in [0.25, 0.3) is 0 Å². The lowest BCUT2D eigenvalue weighted by Crippen LogP contribution is -2.10. The molecule has 0 saturated carbocycles.